The molecule has 1 unspecified atom stereocenters. The number of rotatable bonds is 5. The van der Waals surface area contributed by atoms with Gasteiger partial charge in [-0.2, -0.15) is 11.8 Å². The van der Waals surface area contributed by atoms with Gasteiger partial charge >= 0.3 is 0 Å². The van der Waals surface area contributed by atoms with Crippen molar-refractivity contribution in [1.82, 2.24) is 10.6 Å². The smallest absolute Gasteiger partial charge is 0.191 e. The van der Waals surface area contributed by atoms with Gasteiger partial charge in [0, 0.05) is 24.9 Å². The zero-order valence-corrected chi connectivity index (χ0v) is 12.4. The molecule has 18 heavy (non-hydrogen) atoms. The van der Waals surface area contributed by atoms with E-state index < -0.39 is 0 Å². The van der Waals surface area contributed by atoms with Crippen molar-refractivity contribution in [2.45, 2.75) is 50.7 Å². The van der Waals surface area contributed by atoms with Gasteiger partial charge in [0.05, 0.1) is 0 Å². The van der Waals surface area contributed by atoms with E-state index in [1.54, 1.807) is 0 Å². The fraction of sp³-hybridized carbons (Fsp3) is 0.929. The van der Waals surface area contributed by atoms with Gasteiger partial charge in [0.2, 0.25) is 0 Å². The van der Waals surface area contributed by atoms with Gasteiger partial charge in [0.25, 0.3) is 0 Å². The second-order valence-electron chi connectivity index (χ2n) is 5.39. The van der Waals surface area contributed by atoms with Crippen LogP contribution in [0.3, 0.4) is 0 Å². The molecule has 0 aromatic carbocycles. The third-order valence-electron chi connectivity index (χ3n) is 3.85. The quantitative estimate of drug-likeness (QED) is 0.595. The highest BCUT2D eigenvalue weighted by Crippen LogP contribution is 2.25. The molecule has 2 rings (SSSR count). The summed E-state index contributed by atoms with van der Waals surface area (Å²) in [5, 5.41) is 7.66. The highest BCUT2D eigenvalue weighted by atomic mass is 32.2. The zero-order chi connectivity index (χ0) is 12.6. The molecule has 2 fully saturated rings. The number of hydrogen-bond donors (Lipinski definition) is 2. The van der Waals surface area contributed by atoms with E-state index in [1.165, 1.54) is 44.3 Å². The van der Waals surface area contributed by atoms with Gasteiger partial charge in [-0.15, -0.1) is 0 Å². The fourth-order valence-electron chi connectivity index (χ4n) is 2.77. The van der Waals surface area contributed by atoms with Crippen molar-refractivity contribution in [3.8, 4) is 0 Å². The predicted octanol–water partition coefficient (Wildman–Crippen LogP) is 2.63. The van der Waals surface area contributed by atoms with Gasteiger partial charge in [-0.25, -0.2) is 0 Å². The number of thioether (sulfide) groups is 1. The Morgan fingerprint density at radius 1 is 1.17 bits per heavy atom. The molecule has 1 heterocycles. The summed E-state index contributed by atoms with van der Waals surface area (Å²) in [5.74, 6) is 3.19. The van der Waals surface area contributed by atoms with Gasteiger partial charge < -0.3 is 10.6 Å². The van der Waals surface area contributed by atoms with Gasteiger partial charge in [0.15, 0.2) is 5.96 Å². The third-order valence-corrected chi connectivity index (χ3v) is 5.25. The highest BCUT2D eigenvalue weighted by molar-refractivity contribution is 8.00. The molecule has 3 nitrogen and oxygen atoms in total. The summed E-state index contributed by atoms with van der Waals surface area (Å²) in [7, 11) is 0. The predicted molar refractivity (Wildman–Crippen MR) is 81.4 cm³/mol. The van der Waals surface area contributed by atoms with Crippen LogP contribution in [0.25, 0.3) is 0 Å². The van der Waals surface area contributed by atoms with Crippen LogP contribution in [0.4, 0.5) is 0 Å². The second kappa shape index (κ2) is 7.93. The molecule has 104 valence electrons. The molecule has 1 saturated carbocycles. The summed E-state index contributed by atoms with van der Waals surface area (Å²) in [5.41, 5.74) is 0. The Morgan fingerprint density at radius 2 is 2.00 bits per heavy atom. The topological polar surface area (TPSA) is 36.4 Å². The van der Waals surface area contributed by atoms with E-state index in [9.17, 15) is 0 Å². The summed E-state index contributed by atoms with van der Waals surface area (Å²) in [6.07, 6.45) is 8.31. The summed E-state index contributed by atoms with van der Waals surface area (Å²) in [6, 6.07) is 0. The molecule has 4 heteroatoms. The third kappa shape index (κ3) is 4.71. The summed E-state index contributed by atoms with van der Waals surface area (Å²) < 4.78 is 0. The Kier molecular flexibility index (Phi) is 6.18. The van der Waals surface area contributed by atoms with Crippen LogP contribution < -0.4 is 10.6 Å². The minimum atomic E-state index is 0.792. The van der Waals surface area contributed by atoms with Crippen molar-refractivity contribution >= 4 is 17.7 Å². The van der Waals surface area contributed by atoms with Gasteiger partial charge in [-0.05, 0) is 44.3 Å². The molecule has 2 aliphatic rings. The molecule has 1 aliphatic heterocycles. The number of nitrogens with zero attached hydrogens (tertiary/aromatic N) is 1. The van der Waals surface area contributed by atoms with Crippen LogP contribution >= 0.6 is 11.8 Å². The van der Waals surface area contributed by atoms with Crippen molar-refractivity contribution in [3.63, 3.8) is 0 Å². The van der Waals surface area contributed by atoms with Crippen molar-refractivity contribution in [3.05, 3.63) is 0 Å². The van der Waals surface area contributed by atoms with Crippen LogP contribution in [0.2, 0.25) is 0 Å². The van der Waals surface area contributed by atoms with Crippen LogP contribution in [-0.4, -0.2) is 36.6 Å². The normalized spacial score (nSPS) is 25.6. The first-order chi connectivity index (χ1) is 8.88. The highest BCUT2D eigenvalue weighted by Gasteiger charge is 2.16. The fourth-order valence-corrected chi connectivity index (χ4v) is 3.97. The SMILES string of the molecule is CCNC(=NCC1CCCC1)NCC1CCCS1. The number of nitrogens with one attached hydrogen (secondary N) is 2. The summed E-state index contributed by atoms with van der Waals surface area (Å²) in [6.45, 7) is 5.17. The van der Waals surface area contributed by atoms with E-state index in [1.807, 2.05) is 0 Å². The lowest BCUT2D eigenvalue weighted by Gasteiger charge is -2.15. The molecular weight excluding hydrogens is 242 g/mol. The van der Waals surface area contributed by atoms with Gasteiger partial charge in [-0.1, -0.05) is 12.8 Å². The minimum absolute atomic E-state index is 0.792. The van der Waals surface area contributed by atoms with Crippen LogP contribution in [0.15, 0.2) is 4.99 Å². The average molecular weight is 269 g/mol. The lowest BCUT2D eigenvalue weighted by Crippen LogP contribution is -2.40. The molecule has 0 aromatic rings. The monoisotopic (exact) mass is 269 g/mol. The van der Waals surface area contributed by atoms with Gasteiger partial charge in [-0.3, -0.25) is 4.99 Å². The van der Waals surface area contributed by atoms with Crippen LogP contribution in [0.1, 0.15) is 45.4 Å². The van der Waals surface area contributed by atoms with Crippen LogP contribution in [-0.2, 0) is 0 Å². The first-order valence-corrected chi connectivity index (χ1v) is 8.57. The van der Waals surface area contributed by atoms with Crippen molar-refractivity contribution in [2.75, 3.05) is 25.4 Å². The lowest BCUT2D eigenvalue weighted by molar-refractivity contribution is 0.559. The average Bonchev–Trinajstić information content (AvgIpc) is 3.05. The molecule has 0 spiro atoms. The van der Waals surface area contributed by atoms with Crippen LogP contribution in [0, 0.1) is 5.92 Å². The maximum atomic E-state index is 4.74. The van der Waals surface area contributed by atoms with Crippen molar-refractivity contribution < 1.29 is 0 Å². The Hall–Kier alpha value is -0.380. The molecule has 1 aliphatic carbocycles. The molecule has 1 atom stereocenters. The Bertz CT molecular complexity index is 256. The Balaban J connectivity index is 1.72. The second-order valence-corrected chi connectivity index (χ2v) is 6.79. The summed E-state index contributed by atoms with van der Waals surface area (Å²) >= 11 is 2.10. The Morgan fingerprint density at radius 3 is 2.67 bits per heavy atom. The van der Waals surface area contributed by atoms with Crippen LogP contribution in [0.5, 0.6) is 0 Å². The largest absolute Gasteiger partial charge is 0.357 e. The zero-order valence-electron chi connectivity index (χ0n) is 11.6. The maximum Gasteiger partial charge on any atom is 0.191 e. The Labute approximate surface area is 116 Å². The molecule has 0 aromatic heterocycles. The van der Waals surface area contributed by atoms with E-state index in [0.717, 1.165) is 36.8 Å². The minimum Gasteiger partial charge on any atom is -0.357 e. The van der Waals surface area contributed by atoms with E-state index in [0.29, 0.717) is 0 Å². The summed E-state index contributed by atoms with van der Waals surface area (Å²) in [4.78, 5) is 4.74. The molecule has 1 saturated heterocycles. The molecule has 2 N–H and O–H groups in total. The number of hydrogen-bond acceptors (Lipinski definition) is 2. The van der Waals surface area contributed by atoms with E-state index in [-0.39, 0.29) is 0 Å². The van der Waals surface area contributed by atoms with Crippen molar-refractivity contribution in [1.29, 1.82) is 0 Å². The number of guanidine groups is 1. The standard InChI is InChI=1S/C14H27N3S/c1-2-15-14(16-10-12-6-3-4-7-12)17-11-13-8-5-9-18-13/h12-13H,2-11H2,1H3,(H2,15,16,17). The van der Waals surface area contributed by atoms with Crippen molar-refractivity contribution in [2.24, 2.45) is 10.9 Å². The molecule has 0 radical (unpaired) electrons. The molecule has 0 amide bonds. The van der Waals surface area contributed by atoms with Gasteiger partial charge in [0.1, 0.15) is 0 Å². The molecular formula is C14H27N3S. The maximum absolute atomic E-state index is 4.74. The first kappa shape index (κ1) is 14.0. The van der Waals surface area contributed by atoms with E-state index in [2.05, 4.69) is 29.3 Å². The first-order valence-electron chi connectivity index (χ1n) is 7.52. The van der Waals surface area contributed by atoms with E-state index >= 15 is 0 Å². The molecule has 0 bridgehead atoms. The van der Waals surface area contributed by atoms with E-state index in [4.69, 9.17) is 4.99 Å². The lowest BCUT2D eigenvalue weighted by atomic mass is 10.1. The number of aliphatic imine (C=N–C) groups is 1.